The maximum atomic E-state index is 13.6. The van der Waals surface area contributed by atoms with E-state index in [-0.39, 0.29) is 36.5 Å². The molecule has 2 aromatic carbocycles. The van der Waals surface area contributed by atoms with E-state index in [2.05, 4.69) is 4.99 Å². The number of benzene rings is 2. The van der Waals surface area contributed by atoms with Gasteiger partial charge in [-0.25, -0.2) is 19.1 Å². The van der Waals surface area contributed by atoms with Crippen LogP contribution in [-0.2, 0) is 22.6 Å². The van der Waals surface area contributed by atoms with Crippen LogP contribution in [0.1, 0.15) is 19.4 Å². The Balaban J connectivity index is 1.90. The summed E-state index contributed by atoms with van der Waals surface area (Å²) in [6.07, 6.45) is -0.0983. The smallest absolute Gasteiger partial charge is 0.353 e. The van der Waals surface area contributed by atoms with Crippen molar-refractivity contribution in [3.8, 4) is 5.75 Å². The number of hydrogen-bond acceptors (Lipinski definition) is 7. The highest BCUT2D eigenvalue weighted by Crippen LogP contribution is 2.30. The number of carbonyl (C=O) groups is 1. The van der Waals surface area contributed by atoms with Crippen molar-refractivity contribution in [1.29, 1.82) is 0 Å². The number of carboxylic acids is 1. The average Bonchev–Trinajstić information content (AvgIpc) is 2.81. The molecule has 1 aliphatic rings. The summed E-state index contributed by atoms with van der Waals surface area (Å²) in [6.45, 7) is 3.02. The van der Waals surface area contributed by atoms with Crippen molar-refractivity contribution in [1.82, 2.24) is 13.8 Å². The van der Waals surface area contributed by atoms with Gasteiger partial charge in [0.05, 0.1) is 43.1 Å². The van der Waals surface area contributed by atoms with E-state index >= 15 is 0 Å². The summed E-state index contributed by atoms with van der Waals surface area (Å²) in [5.41, 5.74) is -2.29. The number of nitrogen functional groups attached to an aromatic ring is 1. The quantitative estimate of drug-likeness (QED) is 0.409. The van der Waals surface area contributed by atoms with Gasteiger partial charge >= 0.3 is 17.3 Å². The van der Waals surface area contributed by atoms with E-state index in [1.165, 1.54) is 10.6 Å². The molecule has 0 saturated carbocycles. The molecular weight excluding hydrogens is 525 g/mol. The topological polar surface area (TPSA) is 143 Å². The molecule has 2 heterocycles. The number of aliphatic carboxylic acids is 1. The first-order chi connectivity index (χ1) is 17.5. The number of halogens is 2. The van der Waals surface area contributed by atoms with E-state index in [0.717, 1.165) is 4.57 Å². The average molecular weight is 550 g/mol. The van der Waals surface area contributed by atoms with Crippen LogP contribution < -0.4 is 27.6 Å². The highest BCUT2D eigenvalue weighted by molar-refractivity contribution is 6.32. The molecule has 1 aromatic heterocycles. The van der Waals surface area contributed by atoms with Gasteiger partial charge in [0.1, 0.15) is 11.2 Å². The molecule has 0 amide bonds. The van der Waals surface area contributed by atoms with E-state index in [1.807, 2.05) is 13.8 Å². The Kier molecular flexibility index (Phi) is 7.49. The van der Waals surface area contributed by atoms with Gasteiger partial charge in [0, 0.05) is 5.02 Å². The van der Waals surface area contributed by atoms with E-state index in [0.29, 0.717) is 26.7 Å². The maximum Gasteiger partial charge on any atom is 0.353 e. The minimum absolute atomic E-state index is 0.0227. The molecule has 11 nitrogen and oxygen atoms in total. The number of rotatable bonds is 8. The van der Waals surface area contributed by atoms with E-state index in [4.69, 9.17) is 38.5 Å². The SMILES string of the molecule is CC(C)Oc1ccc(/N=c2\n(N)c(=O)n(CC3(C(=O)O)COC3)c(=O)n2Cc2ccc(Cl)cc2)cc1Cl. The summed E-state index contributed by atoms with van der Waals surface area (Å²) in [5, 5.41) is 10.5. The lowest BCUT2D eigenvalue weighted by Gasteiger charge is -2.37. The predicted molar refractivity (Wildman–Crippen MR) is 137 cm³/mol. The molecule has 196 valence electrons. The molecule has 1 saturated heterocycles. The van der Waals surface area contributed by atoms with E-state index in [1.54, 1.807) is 36.4 Å². The summed E-state index contributed by atoms with van der Waals surface area (Å²) in [5.74, 6) is 5.41. The lowest BCUT2D eigenvalue weighted by molar-refractivity contribution is -0.182. The number of hydrogen-bond donors (Lipinski definition) is 2. The van der Waals surface area contributed by atoms with Crippen molar-refractivity contribution in [3.05, 3.63) is 84.7 Å². The van der Waals surface area contributed by atoms with Gasteiger partial charge in [0.25, 0.3) is 0 Å². The van der Waals surface area contributed by atoms with Gasteiger partial charge in [0.15, 0.2) is 0 Å². The Morgan fingerprint density at radius 3 is 2.35 bits per heavy atom. The highest BCUT2D eigenvalue weighted by Gasteiger charge is 2.47. The summed E-state index contributed by atoms with van der Waals surface area (Å²) in [6, 6.07) is 11.5. The van der Waals surface area contributed by atoms with Crippen LogP contribution in [0.25, 0.3) is 0 Å². The number of ether oxygens (including phenoxy) is 2. The molecule has 1 aliphatic heterocycles. The van der Waals surface area contributed by atoms with Crippen LogP contribution in [-0.4, -0.2) is 44.2 Å². The summed E-state index contributed by atoms with van der Waals surface area (Å²) >= 11 is 12.3. The fourth-order valence-corrected chi connectivity index (χ4v) is 4.12. The van der Waals surface area contributed by atoms with Gasteiger partial charge in [-0.3, -0.25) is 9.36 Å². The largest absolute Gasteiger partial charge is 0.489 e. The normalized spacial score (nSPS) is 15.0. The Bertz CT molecular complexity index is 1520. The van der Waals surface area contributed by atoms with E-state index in [9.17, 15) is 19.5 Å². The molecule has 3 N–H and O–H groups in total. The number of nitrogens with zero attached hydrogens (tertiary/aromatic N) is 4. The molecule has 0 spiro atoms. The monoisotopic (exact) mass is 549 g/mol. The number of aromatic nitrogens is 3. The number of carboxylic acid groups (broad SMARTS) is 1. The van der Waals surface area contributed by atoms with Gasteiger partial charge in [-0.05, 0) is 49.7 Å². The van der Waals surface area contributed by atoms with Gasteiger partial charge in [-0.2, -0.15) is 4.68 Å². The summed E-state index contributed by atoms with van der Waals surface area (Å²) in [4.78, 5) is 43.1. The van der Waals surface area contributed by atoms with Crippen molar-refractivity contribution in [3.63, 3.8) is 0 Å². The van der Waals surface area contributed by atoms with Crippen LogP contribution in [0.4, 0.5) is 5.69 Å². The molecule has 0 aliphatic carbocycles. The van der Waals surface area contributed by atoms with Crippen molar-refractivity contribution >= 4 is 34.9 Å². The highest BCUT2D eigenvalue weighted by atomic mass is 35.5. The molecule has 0 radical (unpaired) electrons. The molecule has 0 bridgehead atoms. The molecule has 1 fully saturated rings. The van der Waals surface area contributed by atoms with Crippen molar-refractivity contribution in [2.45, 2.75) is 33.0 Å². The zero-order chi connectivity index (χ0) is 26.9. The third-order valence-electron chi connectivity index (χ3n) is 5.79. The third kappa shape index (κ3) is 5.43. The lowest BCUT2D eigenvalue weighted by Crippen LogP contribution is -2.61. The van der Waals surface area contributed by atoms with Gasteiger partial charge in [-0.15, -0.1) is 0 Å². The van der Waals surface area contributed by atoms with Crippen molar-refractivity contribution in [2.24, 2.45) is 10.4 Å². The standard InChI is InChI=1S/C24H25Cl2N5O6/c1-14(2)37-19-8-7-17(9-18(19)26)28-21-29(10-15-3-5-16(25)6-4-15)22(34)30(23(35)31(21)27)11-24(20(32)33)12-36-13-24/h3-9,14H,10-13,27H2,1-2H3,(H,32,33)/b28-21-. The van der Waals surface area contributed by atoms with Crippen LogP contribution in [0.2, 0.25) is 10.0 Å². The van der Waals surface area contributed by atoms with Gasteiger partial charge in [-0.1, -0.05) is 35.3 Å². The predicted octanol–water partition coefficient (Wildman–Crippen LogP) is 2.00. The van der Waals surface area contributed by atoms with Crippen LogP contribution in [0.3, 0.4) is 0 Å². The Morgan fingerprint density at radius 1 is 1.14 bits per heavy atom. The molecule has 0 atom stereocenters. The molecular formula is C24H25Cl2N5O6. The first-order valence-corrected chi connectivity index (χ1v) is 12.0. The van der Waals surface area contributed by atoms with E-state index < -0.39 is 29.3 Å². The van der Waals surface area contributed by atoms with Crippen molar-refractivity contribution < 1.29 is 19.4 Å². The molecule has 0 unspecified atom stereocenters. The third-order valence-corrected chi connectivity index (χ3v) is 6.34. The first-order valence-electron chi connectivity index (χ1n) is 11.3. The Labute approximate surface area is 220 Å². The maximum absolute atomic E-state index is 13.6. The van der Waals surface area contributed by atoms with Gasteiger partial charge in [0.2, 0.25) is 5.62 Å². The van der Waals surface area contributed by atoms with Gasteiger partial charge < -0.3 is 20.4 Å². The molecule has 4 rings (SSSR count). The second-order valence-electron chi connectivity index (χ2n) is 9.01. The fraction of sp³-hybridized carbons (Fsp3) is 0.333. The minimum Gasteiger partial charge on any atom is -0.489 e. The second-order valence-corrected chi connectivity index (χ2v) is 9.85. The first kappa shape index (κ1) is 26.5. The molecule has 37 heavy (non-hydrogen) atoms. The zero-order valence-corrected chi connectivity index (χ0v) is 21.6. The second kappa shape index (κ2) is 10.4. The zero-order valence-electron chi connectivity index (χ0n) is 20.1. The summed E-state index contributed by atoms with van der Waals surface area (Å²) in [7, 11) is 0. The minimum atomic E-state index is -1.41. The summed E-state index contributed by atoms with van der Waals surface area (Å²) < 4.78 is 13.4. The molecule has 3 aromatic rings. The fourth-order valence-electron chi connectivity index (χ4n) is 3.78. The van der Waals surface area contributed by atoms with Crippen LogP contribution in [0.15, 0.2) is 57.0 Å². The van der Waals surface area contributed by atoms with Crippen LogP contribution in [0.5, 0.6) is 5.75 Å². The van der Waals surface area contributed by atoms with Crippen LogP contribution in [0, 0.1) is 5.41 Å². The Hall–Kier alpha value is -3.54. The Morgan fingerprint density at radius 2 is 1.81 bits per heavy atom. The van der Waals surface area contributed by atoms with Crippen molar-refractivity contribution in [2.75, 3.05) is 19.1 Å². The lowest BCUT2D eigenvalue weighted by atomic mass is 9.86. The van der Waals surface area contributed by atoms with Crippen LogP contribution >= 0.6 is 23.2 Å². The number of nitrogens with two attached hydrogens (primary N) is 1. The molecule has 13 heteroatoms.